The van der Waals surface area contributed by atoms with E-state index in [1.165, 1.54) is 0 Å². The fourth-order valence-corrected chi connectivity index (χ4v) is 7.99. The third kappa shape index (κ3) is 6.65. The van der Waals surface area contributed by atoms with Gasteiger partial charge in [0.05, 0.1) is 28.5 Å². The number of hydrogen-bond donors (Lipinski definition) is 0. The third-order valence-corrected chi connectivity index (χ3v) is 10.5. The molecule has 244 valence electrons. The van der Waals surface area contributed by atoms with E-state index >= 15 is 0 Å². The van der Waals surface area contributed by atoms with Crippen LogP contribution in [0.5, 0.6) is 17.2 Å². The number of hydrogen-bond acceptors (Lipinski definition) is 6. The first-order valence-electron chi connectivity index (χ1n) is 17.8. The Hall–Kier alpha value is -4.19. The van der Waals surface area contributed by atoms with Gasteiger partial charge in [-0.05, 0) is 72.6 Å². The number of rotatable bonds is 7. The fourth-order valence-electron chi connectivity index (χ4n) is 7.99. The molecular formula is C41H44O6. The molecule has 6 heteroatoms. The van der Waals surface area contributed by atoms with Crippen molar-refractivity contribution in [2.45, 2.75) is 96.3 Å². The highest BCUT2D eigenvalue weighted by atomic mass is 16.6. The van der Waals surface area contributed by atoms with Crippen molar-refractivity contribution in [2.75, 3.05) is 0 Å². The first kappa shape index (κ1) is 31.4. The van der Waals surface area contributed by atoms with Crippen LogP contribution < -0.4 is 14.2 Å². The van der Waals surface area contributed by atoms with Crippen LogP contribution >= 0.6 is 0 Å². The van der Waals surface area contributed by atoms with Gasteiger partial charge in [0, 0.05) is 0 Å². The zero-order chi connectivity index (χ0) is 32.2. The summed E-state index contributed by atoms with van der Waals surface area (Å²) >= 11 is 0. The minimum atomic E-state index is -0.290. The summed E-state index contributed by atoms with van der Waals surface area (Å²) in [5, 5.41) is 2.71. The normalized spacial score (nSPS) is 18.2. The van der Waals surface area contributed by atoms with Crippen molar-refractivity contribution in [2.24, 2.45) is 17.8 Å². The van der Waals surface area contributed by atoms with E-state index in [1.807, 2.05) is 54.6 Å². The molecule has 0 radical (unpaired) electrons. The van der Waals surface area contributed by atoms with E-state index in [-0.39, 0.29) is 35.7 Å². The fraction of sp³-hybridized carbons (Fsp3) is 0.439. The standard InChI is InChI=1S/C41H44O6/c42-39(28-17-7-2-8-18-28)45-33-25-13-23-31-35(27-15-5-1-6-16-27)32-24-14-26-34(46-40(43)29-19-9-3-10-20-29)37(32)38(36(31)33)47-41(44)30-21-11-4-12-22-30/h1,5-6,13-16,23-26,28-30H,2-4,7-12,17-22H2. The second-order valence-electron chi connectivity index (χ2n) is 13.7. The topological polar surface area (TPSA) is 78.9 Å². The molecule has 0 aliphatic heterocycles. The first-order chi connectivity index (χ1) is 23.1. The maximum atomic E-state index is 13.9. The van der Waals surface area contributed by atoms with E-state index in [4.69, 9.17) is 14.2 Å². The third-order valence-electron chi connectivity index (χ3n) is 10.5. The average Bonchev–Trinajstić information content (AvgIpc) is 3.13. The van der Waals surface area contributed by atoms with Crippen LogP contribution in [0.1, 0.15) is 96.3 Å². The summed E-state index contributed by atoms with van der Waals surface area (Å²) in [5.74, 6) is -0.307. The van der Waals surface area contributed by atoms with Crippen molar-refractivity contribution in [1.29, 1.82) is 0 Å². The molecule has 0 bridgehead atoms. The van der Waals surface area contributed by atoms with E-state index in [2.05, 4.69) is 0 Å². The Balaban J connectivity index is 1.45. The quantitative estimate of drug-likeness (QED) is 0.115. The van der Waals surface area contributed by atoms with Gasteiger partial charge in [-0.3, -0.25) is 14.4 Å². The average molecular weight is 633 g/mol. The predicted molar refractivity (Wildman–Crippen MR) is 184 cm³/mol. The second kappa shape index (κ2) is 14.3. The molecule has 0 aromatic heterocycles. The van der Waals surface area contributed by atoms with Gasteiger partial charge >= 0.3 is 17.9 Å². The summed E-state index contributed by atoms with van der Waals surface area (Å²) in [6.07, 6.45) is 14.2. The summed E-state index contributed by atoms with van der Waals surface area (Å²) in [4.78, 5) is 41.1. The highest BCUT2D eigenvalue weighted by Gasteiger charge is 2.31. The lowest BCUT2D eigenvalue weighted by Crippen LogP contribution is -2.24. The molecular weight excluding hydrogens is 588 g/mol. The molecule has 7 rings (SSSR count). The number of carbonyl (C=O) groups excluding carboxylic acids is 3. The molecule has 0 amide bonds. The van der Waals surface area contributed by atoms with E-state index in [9.17, 15) is 14.4 Å². The summed E-state index contributed by atoms with van der Waals surface area (Å²) in [5.41, 5.74) is 1.86. The van der Waals surface area contributed by atoms with Crippen LogP contribution in [0.15, 0.2) is 66.7 Å². The predicted octanol–water partition coefficient (Wildman–Crippen LogP) is 10.1. The SMILES string of the molecule is O=C(Oc1cccc2c(-c3ccccc3)c3cccc(OC(=O)C4CCCCC4)c3c(OC(=O)C3CCCCC3)c12)C1CCCCC1. The van der Waals surface area contributed by atoms with Crippen molar-refractivity contribution in [3.05, 3.63) is 66.7 Å². The zero-order valence-electron chi connectivity index (χ0n) is 27.1. The Kier molecular flexibility index (Phi) is 9.55. The molecule has 3 aliphatic carbocycles. The minimum Gasteiger partial charge on any atom is -0.426 e. The van der Waals surface area contributed by atoms with Gasteiger partial charge in [-0.15, -0.1) is 0 Å². The number of benzene rings is 4. The van der Waals surface area contributed by atoms with Crippen LogP contribution in [0.25, 0.3) is 32.7 Å². The van der Waals surface area contributed by atoms with Crippen molar-refractivity contribution >= 4 is 39.5 Å². The van der Waals surface area contributed by atoms with Crippen molar-refractivity contribution in [3.8, 4) is 28.4 Å². The summed E-state index contributed by atoms with van der Waals surface area (Å²) < 4.78 is 19.0. The molecule has 47 heavy (non-hydrogen) atoms. The lowest BCUT2D eigenvalue weighted by molar-refractivity contribution is -0.140. The molecule has 6 nitrogen and oxygen atoms in total. The van der Waals surface area contributed by atoms with Gasteiger partial charge < -0.3 is 14.2 Å². The first-order valence-corrected chi connectivity index (χ1v) is 17.8. The van der Waals surface area contributed by atoms with Gasteiger partial charge in [0.25, 0.3) is 0 Å². The monoisotopic (exact) mass is 632 g/mol. The van der Waals surface area contributed by atoms with Gasteiger partial charge in [-0.2, -0.15) is 0 Å². The Morgan fingerprint density at radius 1 is 0.447 bits per heavy atom. The van der Waals surface area contributed by atoms with Gasteiger partial charge in [-0.25, -0.2) is 0 Å². The van der Waals surface area contributed by atoms with E-state index < -0.39 is 0 Å². The molecule has 4 aromatic rings. The number of ether oxygens (including phenoxy) is 3. The van der Waals surface area contributed by atoms with Crippen LogP contribution in [-0.2, 0) is 14.4 Å². The highest BCUT2D eigenvalue weighted by Crippen LogP contribution is 2.50. The molecule has 0 heterocycles. The van der Waals surface area contributed by atoms with Crippen LogP contribution in [-0.4, -0.2) is 17.9 Å². The minimum absolute atomic E-state index is 0.159. The maximum Gasteiger partial charge on any atom is 0.314 e. The maximum absolute atomic E-state index is 13.9. The molecule has 3 saturated carbocycles. The van der Waals surface area contributed by atoms with Gasteiger partial charge in [0.1, 0.15) is 11.5 Å². The van der Waals surface area contributed by atoms with Crippen molar-refractivity contribution in [3.63, 3.8) is 0 Å². The Bertz CT molecular complexity index is 1660. The van der Waals surface area contributed by atoms with Crippen LogP contribution in [0, 0.1) is 17.8 Å². The molecule has 0 atom stereocenters. The Morgan fingerprint density at radius 3 is 1.28 bits per heavy atom. The molecule has 0 N–H and O–H groups in total. The summed E-state index contributed by atoms with van der Waals surface area (Å²) in [7, 11) is 0. The molecule has 3 fully saturated rings. The largest absolute Gasteiger partial charge is 0.426 e. The van der Waals surface area contributed by atoms with Gasteiger partial charge in [0.15, 0.2) is 5.75 Å². The molecule has 3 aliphatic rings. The van der Waals surface area contributed by atoms with Crippen molar-refractivity contribution < 1.29 is 28.6 Å². The lowest BCUT2D eigenvalue weighted by Gasteiger charge is -2.25. The highest BCUT2D eigenvalue weighted by molar-refractivity contribution is 6.21. The number of fused-ring (bicyclic) bond motifs is 2. The van der Waals surface area contributed by atoms with Crippen molar-refractivity contribution in [1.82, 2.24) is 0 Å². The second-order valence-corrected chi connectivity index (χ2v) is 13.7. The molecule has 0 saturated heterocycles. The zero-order valence-corrected chi connectivity index (χ0v) is 27.1. The number of carbonyl (C=O) groups is 3. The van der Waals surface area contributed by atoms with Crippen LogP contribution in [0.4, 0.5) is 0 Å². The summed E-state index contributed by atoms with van der Waals surface area (Å²) in [6, 6.07) is 21.4. The number of esters is 3. The molecule has 0 spiro atoms. The van der Waals surface area contributed by atoms with Gasteiger partial charge in [0.2, 0.25) is 0 Å². The Labute approximate surface area is 276 Å². The van der Waals surface area contributed by atoms with E-state index in [0.29, 0.717) is 28.0 Å². The van der Waals surface area contributed by atoms with E-state index in [1.54, 1.807) is 12.1 Å². The Morgan fingerprint density at radius 2 is 0.851 bits per heavy atom. The lowest BCUT2D eigenvalue weighted by atomic mass is 9.88. The van der Waals surface area contributed by atoms with Gasteiger partial charge in [-0.1, -0.05) is 112 Å². The van der Waals surface area contributed by atoms with E-state index in [0.717, 1.165) is 118 Å². The molecule has 4 aromatic carbocycles. The summed E-state index contributed by atoms with van der Waals surface area (Å²) in [6.45, 7) is 0. The van der Waals surface area contributed by atoms with Crippen LogP contribution in [0.2, 0.25) is 0 Å². The smallest absolute Gasteiger partial charge is 0.314 e. The molecule has 0 unspecified atom stereocenters. The van der Waals surface area contributed by atoms with Crippen LogP contribution in [0.3, 0.4) is 0 Å².